The van der Waals surface area contributed by atoms with Gasteiger partial charge in [-0.2, -0.15) is 18.2 Å². The third-order valence-corrected chi connectivity index (χ3v) is 3.85. The lowest BCUT2D eigenvalue weighted by Crippen LogP contribution is -2.20. The van der Waals surface area contributed by atoms with Crippen molar-refractivity contribution in [3.05, 3.63) is 40.5 Å². The molecule has 0 aliphatic rings. The van der Waals surface area contributed by atoms with Crippen LogP contribution < -0.4 is 10.2 Å². The Bertz CT molecular complexity index is 734. The molecule has 0 aliphatic carbocycles. The highest BCUT2D eigenvalue weighted by molar-refractivity contribution is 6.30. The molecule has 0 unspecified atom stereocenters. The number of nitrogens with zero attached hydrogens (tertiary/aromatic N) is 3. The monoisotopic (exact) mass is 372 g/mol. The maximum atomic E-state index is 13.2. The van der Waals surface area contributed by atoms with E-state index in [4.69, 9.17) is 11.6 Å². The van der Waals surface area contributed by atoms with Crippen molar-refractivity contribution in [2.24, 2.45) is 0 Å². The van der Waals surface area contributed by atoms with Crippen LogP contribution in [0.2, 0.25) is 5.02 Å². The Balaban J connectivity index is 2.34. The molecule has 25 heavy (non-hydrogen) atoms. The second-order valence-electron chi connectivity index (χ2n) is 5.78. The first-order valence-corrected chi connectivity index (χ1v) is 8.29. The van der Waals surface area contributed by atoms with E-state index in [1.807, 2.05) is 11.9 Å². The number of aryl methyl sites for hydroxylation is 1. The first-order valence-electron chi connectivity index (χ1n) is 7.91. The lowest BCUT2D eigenvalue weighted by Gasteiger charge is -2.19. The number of hydrogen-bond acceptors (Lipinski definition) is 4. The summed E-state index contributed by atoms with van der Waals surface area (Å²) >= 11 is 5.70. The fraction of sp³-hybridized carbons (Fsp3) is 0.412. The maximum absolute atomic E-state index is 13.2. The fourth-order valence-electron chi connectivity index (χ4n) is 2.29. The molecule has 1 aromatic carbocycles. The lowest BCUT2D eigenvalue weighted by molar-refractivity contribution is -0.136. The number of unbranched alkanes of at least 4 members (excludes halogenated alkanes) is 1. The molecule has 0 spiro atoms. The van der Waals surface area contributed by atoms with E-state index in [-0.39, 0.29) is 16.7 Å². The first kappa shape index (κ1) is 19.3. The maximum Gasteiger partial charge on any atom is 0.418 e. The van der Waals surface area contributed by atoms with Crippen LogP contribution >= 0.6 is 11.6 Å². The number of benzene rings is 1. The van der Waals surface area contributed by atoms with E-state index in [2.05, 4.69) is 22.2 Å². The van der Waals surface area contributed by atoms with Crippen LogP contribution in [0.25, 0.3) is 0 Å². The topological polar surface area (TPSA) is 41.1 Å². The van der Waals surface area contributed by atoms with Crippen LogP contribution in [0.15, 0.2) is 24.3 Å². The zero-order valence-electron chi connectivity index (χ0n) is 14.3. The Labute approximate surface area is 150 Å². The zero-order chi connectivity index (χ0) is 18.6. The molecule has 2 aromatic rings. The second-order valence-corrected chi connectivity index (χ2v) is 6.22. The predicted molar refractivity (Wildman–Crippen MR) is 94.7 cm³/mol. The zero-order valence-corrected chi connectivity index (χ0v) is 15.0. The summed E-state index contributed by atoms with van der Waals surface area (Å²) in [4.78, 5) is 10.5. The summed E-state index contributed by atoms with van der Waals surface area (Å²) in [5, 5.41) is 2.69. The van der Waals surface area contributed by atoms with Gasteiger partial charge in [0.05, 0.1) is 11.3 Å². The van der Waals surface area contributed by atoms with Gasteiger partial charge in [0.2, 0.25) is 5.95 Å². The van der Waals surface area contributed by atoms with Crippen LogP contribution in [0.4, 0.5) is 30.6 Å². The normalized spacial score (nSPS) is 11.5. The summed E-state index contributed by atoms with van der Waals surface area (Å²) in [7, 11) is 1.89. The molecule has 0 fully saturated rings. The quantitative estimate of drug-likeness (QED) is 0.733. The summed E-state index contributed by atoms with van der Waals surface area (Å²) in [5.41, 5.74) is -0.325. The molecular formula is C17H20ClF3N4. The van der Waals surface area contributed by atoms with Gasteiger partial charge in [0.1, 0.15) is 5.82 Å². The van der Waals surface area contributed by atoms with Gasteiger partial charge in [-0.3, -0.25) is 0 Å². The van der Waals surface area contributed by atoms with Crippen LogP contribution in [0.5, 0.6) is 0 Å². The van der Waals surface area contributed by atoms with Gasteiger partial charge in [-0.05, 0) is 31.5 Å². The molecule has 0 amide bonds. The molecule has 1 N–H and O–H groups in total. The van der Waals surface area contributed by atoms with E-state index in [0.29, 0.717) is 11.5 Å². The molecule has 1 aromatic heterocycles. The Morgan fingerprint density at radius 3 is 2.56 bits per heavy atom. The molecule has 4 nitrogen and oxygen atoms in total. The molecule has 0 radical (unpaired) electrons. The molecule has 0 aliphatic heterocycles. The summed E-state index contributed by atoms with van der Waals surface area (Å²) in [6.45, 7) is 4.67. The Morgan fingerprint density at radius 2 is 1.92 bits per heavy atom. The Kier molecular flexibility index (Phi) is 6.11. The summed E-state index contributed by atoms with van der Waals surface area (Å²) in [6.07, 6.45) is -2.49. The van der Waals surface area contributed by atoms with Crippen molar-refractivity contribution in [1.29, 1.82) is 0 Å². The van der Waals surface area contributed by atoms with E-state index in [1.54, 1.807) is 13.0 Å². The lowest BCUT2D eigenvalue weighted by atomic mass is 10.1. The van der Waals surface area contributed by atoms with Crippen LogP contribution in [0, 0.1) is 6.92 Å². The molecule has 8 heteroatoms. The average Bonchev–Trinajstić information content (AvgIpc) is 2.52. The average molecular weight is 373 g/mol. The van der Waals surface area contributed by atoms with Crippen LogP contribution in [0.3, 0.4) is 0 Å². The minimum absolute atomic E-state index is 0.0167. The molecule has 0 bridgehead atoms. The Hall–Kier alpha value is -2.02. The largest absolute Gasteiger partial charge is 0.418 e. The fourth-order valence-corrected chi connectivity index (χ4v) is 2.47. The highest BCUT2D eigenvalue weighted by atomic mass is 35.5. The number of alkyl halides is 3. The van der Waals surface area contributed by atoms with E-state index in [1.165, 1.54) is 12.1 Å². The van der Waals surface area contributed by atoms with E-state index in [0.717, 1.165) is 25.5 Å². The smallest absolute Gasteiger partial charge is 0.360 e. The van der Waals surface area contributed by atoms with Gasteiger partial charge in [0, 0.05) is 30.4 Å². The summed E-state index contributed by atoms with van der Waals surface area (Å²) in [5.74, 6) is 0.775. The number of anilines is 3. The molecule has 0 atom stereocenters. The van der Waals surface area contributed by atoms with E-state index < -0.39 is 11.7 Å². The molecule has 1 heterocycles. The van der Waals surface area contributed by atoms with Crippen molar-refractivity contribution in [3.63, 3.8) is 0 Å². The highest BCUT2D eigenvalue weighted by Crippen LogP contribution is 2.37. The molecule has 0 saturated heterocycles. The van der Waals surface area contributed by atoms with Crippen LogP contribution in [0.1, 0.15) is 31.0 Å². The molecule has 136 valence electrons. The predicted octanol–water partition coefficient (Wildman–Crippen LogP) is 5.44. The third kappa shape index (κ3) is 5.22. The van der Waals surface area contributed by atoms with Gasteiger partial charge in [0.25, 0.3) is 0 Å². The van der Waals surface area contributed by atoms with Crippen molar-refractivity contribution in [1.82, 2.24) is 9.97 Å². The number of nitrogens with one attached hydrogen (secondary N) is 1. The van der Waals surface area contributed by atoms with Gasteiger partial charge in [-0.25, -0.2) is 4.98 Å². The van der Waals surface area contributed by atoms with Crippen molar-refractivity contribution in [3.8, 4) is 0 Å². The molecular weight excluding hydrogens is 353 g/mol. The highest BCUT2D eigenvalue weighted by Gasteiger charge is 2.34. The SMILES string of the molecule is CCCCN(C)c1cc(C)nc(Nc2ccc(Cl)cc2C(F)(F)F)n1. The van der Waals surface area contributed by atoms with Gasteiger partial charge in [0.15, 0.2) is 0 Å². The molecule has 0 saturated carbocycles. The third-order valence-electron chi connectivity index (χ3n) is 3.61. The Morgan fingerprint density at radius 1 is 1.20 bits per heavy atom. The second kappa shape index (κ2) is 7.91. The minimum Gasteiger partial charge on any atom is -0.360 e. The van der Waals surface area contributed by atoms with Gasteiger partial charge >= 0.3 is 6.18 Å². The molecule has 2 rings (SSSR count). The first-order chi connectivity index (χ1) is 11.7. The van der Waals surface area contributed by atoms with Gasteiger partial charge < -0.3 is 10.2 Å². The van der Waals surface area contributed by atoms with Crippen molar-refractivity contribution < 1.29 is 13.2 Å². The summed E-state index contributed by atoms with van der Waals surface area (Å²) < 4.78 is 39.6. The van der Waals surface area contributed by atoms with Crippen LogP contribution in [-0.2, 0) is 6.18 Å². The van der Waals surface area contributed by atoms with Crippen molar-refractivity contribution in [2.75, 3.05) is 23.8 Å². The van der Waals surface area contributed by atoms with E-state index >= 15 is 0 Å². The van der Waals surface area contributed by atoms with E-state index in [9.17, 15) is 13.2 Å². The standard InChI is InChI=1S/C17H20ClF3N4/c1-4-5-8-25(3)15-9-11(2)22-16(24-15)23-14-7-6-12(18)10-13(14)17(19,20)21/h6-7,9-10H,4-5,8H2,1-3H3,(H,22,23,24). The number of aromatic nitrogens is 2. The van der Waals surface area contributed by atoms with Crippen molar-refractivity contribution >= 4 is 29.1 Å². The number of hydrogen-bond donors (Lipinski definition) is 1. The summed E-state index contributed by atoms with van der Waals surface area (Å²) in [6, 6.07) is 5.35. The van der Waals surface area contributed by atoms with Crippen LogP contribution in [-0.4, -0.2) is 23.6 Å². The minimum atomic E-state index is -4.53. The van der Waals surface area contributed by atoms with Gasteiger partial charge in [-0.1, -0.05) is 24.9 Å². The number of rotatable bonds is 6. The van der Waals surface area contributed by atoms with Crippen molar-refractivity contribution in [2.45, 2.75) is 32.9 Å². The number of halogens is 4. The van der Waals surface area contributed by atoms with Gasteiger partial charge in [-0.15, -0.1) is 0 Å².